The number of carbonyl (C=O) groups is 2. The van der Waals surface area contributed by atoms with Crippen LogP contribution in [0.1, 0.15) is 50.2 Å². The Kier molecular flexibility index (Phi) is 6.48. The largest absolute Gasteiger partial charge is 0.488 e. The highest BCUT2D eigenvalue weighted by molar-refractivity contribution is 6.04. The van der Waals surface area contributed by atoms with E-state index in [4.69, 9.17) is 9.84 Å². The second-order valence-electron chi connectivity index (χ2n) is 8.52. The fourth-order valence-corrected chi connectivity index (χ4v) is 4.10. The molecule has 0 spiro atoms. The molecule has 1 aromatic carbocycles. The lowest BCUT2D eigenvalue weighted by molar-refractivity contribution is 0.0787. The number of fused-ring (bicyclic) bond motifs is 1. The van der Waals surface area contributed by atoms with Gasteiger partial charge in [0.2, 0.25) is 0 Å². The van der Waals surface area contributed by atoms with Crippen LogP contribution >= 0.6 is 0 Å². The number of carboxylic acid groups (broad SMARTS) is 1. The van der Waals surface area contributed by atoms with Crippen LogP contribution in [0.25, 0.3) is 11.1 Å². The molecule has 7 nitrogen and oxygen atoms in total. The highest BCUT2D eigenvalue weighted by Gasteiger charge is 2.31. The number of pyridine rings is 1. The summed E-state index contributed by atoms with van der Waals surface area (Å²) in [6.07, 6.45) is 1.01. The van der Waals surface area contributed by atoms with Gasteiger partial charge in [0.1, 0.15) is 6.61 Å². The van der Waals surface area contributed by atoms with Crippen LogP contribution in [0.15, 0.2) is 30.5 Å². The predicted octanol–water partition coefficient (Wildman–Crippen LogP) is 4.31. The first-order valence-corrected chi connectivity index (χ1v) is 10.3. The lowest BCUT2D eigenvalue weighted by Gasteiger charge is -2.31. The quantitative estimate of drug-likeness (QED) is 0.652. The molecule has 1 aliphatic rings. The highest BCUT2D eigenvalue weighted by Crippen LogP contribution is 2.33. The van der Waals surface area contributed by atoms with Gasteiger partial charge < -0.3 is 20.1 Å². The number of amides is 2. The first-order chi connectivity index (χ1) is 14.6. The van der Waals surface area contributed by atoms with Gasteiger partial charge in [-0.1, -0.05) is 19.9 Å². The fourth-order valence-electron chi connectivity index (χ4n) is 4.10. The summed E-state index contributed by atoms with van der Waals surface area (Å²) in [5.74, 6) is -0.437. The number of nitrogens with zero attached hydrogens (tertiary/aromatic N) is 2. The van der Waals surface area contributed by atoms with Crippen molar-refractivity contribution in [1.29, 1.82) is 0 Å². The molecule has 2 aromatic rings. The van der Waals surface area contributed by atoms with Crippen molar-refractivity contribution in [1.82, 2.24) is 15.2 Å². The number of nitrogens with one attached hydrogen (secondary N) is 1. The van der Waals surface area contributed by atoms with E-state index in [-0.39, 0.29) is 24.2 Å². The van der Waals surface area contributed by atoms with Crippen LogP contribution in [0.4, 0.5) is 9.18 Å². The fraction of sp³-hybridized carbons (Fsp3) is 0.435. The summed E-state index contributed by atoms with van der Waals surface area (Å²) >= 11 is 0. The standard InChI is InChI=1S/C23H28FN3O4/c1-5-27-12-18-20(21(27)28)16(8-9-25-18)15-6-7-19(17(24)10-15)31-13-23(4,11-14(2)3)26-22(29)30/h6-10,14,26H,5,11-13H2,1-4H3,(H,29,30). The Morgan fingerprint density at radius 3 is 2.74 bits per heavy atom. The first-order valence-electron chi connectivity index (χ1n) is 10.3. The average Bonchev–Trinajstić information content (AvgIpc) is 3.01. The monoisotopic (exact) mass is 429 g/mol. The minimum absolute atomic E-state index is 0.0116. The summed E-state index contributed by atoms with van der Waals surface area (Å²) in [7, 11) is 0. The van der Waals surface area contributed by atoms with Crippen LogP contribution in [0, 0.1) is 11.7 Å². The van der Waals surface area contributed by atoms with E-state index in [1.807, 2.05) is 20.8 Å². The Morgan fingerprint density at radius 2 is 2.13 bits per heavy atom. The molecule has 2 heterocycles. The third-order valence-corrected chi connectivity index (χ3v) is 5.31. The lowest BCUT2D eigenvalue weighted by Crippen LogP contribution is -2.50. The number of ether oxygens (including phenoxy) is 1. The zero-order valence-electron chi connectivity index (χ0n) is 18.2. The number of hydrogen-bond acceptors (Lipinski definition) is 4. The zero-order chi connectivity index (χ0) is 22.8. The predicted molar refractivity (Wildman–Crippen MR) is 115 cm³/mol. The summed E-state index contributed by atoms with van der Waals surface area (Å²) < 4.78 is 20.5. The smallest absolute Gasteiger partial charge is 0.405 e. The molecule has 1 aromatic heterocycles. The van der Waals surface area contributed by atoms with Gasteiger partial charge in [-0.15, -0.1) is 0 Å². The molecule has 2 amide bonds. The van der Waals surface area contributed by atoms with Gasteiger partial charge in [0, 0.05) is 12.7 Å². The van der Waals surface area contributed by atoms with E-state index >= 15 is 0 Å². The van der Waals surface area contributed by atoms with Gasteiger partial charge >= 0.3 is 6.09 Å². The van der Waals surface area contributed by atoms with Gasteiger partial charge in [-0.3, -0.25) is 9.78 Å². The number of aromatic nitrogens is 1. The number of carbonyl (C=O) groups excluding carboxylic acids is 1. The summed E-state index contributed by atoms with van der Waals surface area (Å²) in [6.45, 7) is 8.61. The normalized spacial score (nSPS) is 15.0. The van der Waals surface area contributed by atoms with Crippen molar-refractivity contribution in [3.63, 3.8) is 0 Å². The SMILES string of the molecule is CCN1Cc2nccc(-c3ccc(OCC(C)(CC(C)C)NC(=O)O)c(F)c3)c2C1=O. The van der Waals surface area contributed by atoms with Crippen molar-refractivity contribution in [3.8, 4) is 16.9 Å². The summed E-state index contributed by atoms with van der Waals surface area (Å²) in [5, 5.41) is 11.6. The molecule has 3 rings (SSSR count). The van der Waals surface area contributed by atoms with Crippen LogP contribution in [0.3, 0.4) is 0 Å². The maximum atomic E-state index is 14.9. The molecule has 0 saturated heterocycles. The second-order valence-corrected chi connectivity index (χ2v) is 8.52. The molecule has 2 N–H and O–H groups in total. The number of rotatable bonds is 8. The van der Waals surface area contributed by atoms with Gasteiger partial charge in [0.15, 0.2) is 11.6 Å². The Bertz CT molecular complexity index is 995. The minimum Gasteiger partial charge on any atom is -0.488 e. The summed E-state index contributed by atoms with van der Waals surface area (Å²) in [6, 6.07) is 6.24. The highest BCUT2D eigenvalue weighted by atomic mass is 19.1. The molecule has 0 radical (unpaired) electrons. The lowest BCUT2D eigenvalue weighted by atomic mass is 9.91. The molecule has 0 saturated carbocycles. The maximum Gasteiger partial charge on any atom is 0.405 e. The van der Waals surface area contributed by atoms with E-state index in [1.54, 1.807) is 30.2 Å². The third kappa shape index (κ3) is 4.95. The van der Waals surface area contributed by atoms with Gasteiger partial charge in [-0.25, -0.2) is 9.18 Å². The van der Waals surface area contributed by atoms with Crippen molar-refractivity contribution in [2.24, 2.45) is 5.92 Å². The first kappa shape index (κ1) is 22.5. The van der Waals surface area contributed by atoms with Crippen LogP contribution < -0.4 is 10.1 Å². The van der Waals surface area contributed by atoms with E-state index in [1.165, 1.54) is 12.1 Å². The molecule has 0 fully saturated rings. The molecule has 1 aliphatic heterocycles. The Morgan fingerprint density at radius 1 is 1.39 bits per heavy atom. The topological polar surface area (TPSA) is 91.8 Å². The van der Waals surface area contributed by atoms with Crippen LogP contribution in [0.2, 0.25) is 0 Å². The number of halogens is 1. The molecule has 1 unspecified atom stereocenters. The average molecular weight is 429 g/mol. The van der Waals surface area contributed by atoms with Gasteiger partial charge in [-0.05, 0) is 55.5 Å². The number of benzene rings is 1. The minimum atomic E-state index is -1.15. The van der Waals surface area contributed by atoms with Crippen molar-refractivity contribution in [2.75, 3.05) is 13.2 Å². The van der Waals surface area contributed by atoms with E-state index < -0.39 is 17.4 Å². The van der Waals surface area contributed by atoms with Gasteiger partial charge in [0.25, 0.3) is 5.91 Å². The number of hydrogen-bond donors (Lipinski definition) is 2. The Balaban J connectivity index is 1.83. The van der Waals surface area contributed by atoms with E-state index in [9.17, 15) is 14.0 Å². The molecule has 1 atom stereocenters. The summed E-state index contributed by atoms with van der Waals surface area (Å²) in [5.41, 5.74) is 1.53. The van der Waals surface area contributed by atoms with E-state index in [0.717, 1.165) is 0 Å². The third-order valence-electron chi connectivity index (χ3n) is 5.31. The second kappa shape index (κ2) is 8.91. The molecular formula is C23H28FN3O4. The van der Waals surface area contributed by atoms with E-state index in [0.29, 0.717) is 41.9 Å². The van der Waals surface area contributed by atoms with Crippen LogP contribution in [0.5, 0.6) is 5.75 Å². The Labute approximate surface area is 181 Å². The Hall–Kier alpha value is -3.16. The van der Waals surface area contributed by atoms with Crippen LogP contribution in [-0.4, -0.2) is 45.7 Å². The van der Waals surface area contributed by atoms with Crippen molar-refractivity contribution >= 4 is 12.0 Å². The van der Waals surface area contributed by atoms with Crippen molar-refractivity contribution < 1.29 is 23.8 Å². The molecule has 31 heavy (non-hydrogen) atoms. The molecule has 0 bridgehead atoms. The van der Waals surface area contributed by atoms with Gasteiger partial charge in [-0.2, -0.15) is 0 Å². The molecular weight excluding hydrogens is 401 g/mol. The zero-order valence-corrected chi connectivity index (χ0v) is 18.2. The van der Waals surface area contributed by atoms with E-state index in [2.05, 4.69) is 10.3 Å². The van der Waals surface area contributed by atoms with Crippen molar-refractivity contribution in [3.05, 3.63) is 47.5 Å². The van der Waals surface area contributed by atoms with Crippen molar-refractivity contribution in [2.45, 2.75) is 46.2 Å². The van der Waals surface area contributed by atoms with Crippen LogP contribution in [-0.2, 0) is 6.54 Å². The molecule has 8 heteroatoms. The summed E-state index contributed by atoms with van der Waals surface area (Å²) in [4.78, 5) is 29.8. The van der Waals surface area contributed by atoms with Gasteiger partial charge in [0.05, 0.1) is 23.3 Å². The molecule has 166 valence electrons. The molecule has 0 aliphatic carbocycles. The maximum absolute atomic E-state index is 14.9.